The first kappa shape index (κ1) is 24.0. The van der Waals surface area contributed by atoms with Crippen molar-refractivity contribution in [2.24, 2.45) is 17.0 Å². The van der Waals surface area contributed by atoms with E-state index >= 15 is 0 Å². The fraction of sp³-hybridized carbons (Fsp3) is 0.583. The second-order valence-corrected chi connectivity index (χ2v) is 9.94. The van der Waals surface area contributed by atoms with E-state index < -0.39 is 0 Å². The second-order valence-electron chi connectivity index (χ2n) is 8.36. The number of aliphatic hydroxyl groups is 1. The lowest BCUT2D eigenvalue weighted by atomic mass is 9.76. The molecule has 1 fully saturated rings. The van der Waals surface area contributed by atoms with Crippen LogP contribution in [-0.4, -0.2) is 40.8 Å². The van der Waals surface area contributed by atoms with Gasteiger partial charge in [0.25, 0.3) is 0 Å². The van der Waals surface area contributed by atoms with Crippen LogP contribution in [-0.2, 0) is 9.63 Å². The lowest BCUT2D eigenvalue weighted by molar-refractivity contribution is -0.117. The maximum Gasteiger partial charge on any atom is 0.168 e. The second kappa shape index (κ2) is 11.8. The molecule has 7 heteroatoms. The molecule has 0 bridgehead atoms. The van der Waals surface area contributed by atoms with Crippen LogP contribution in [0.2, 0.25) is 5.02 Å². The first-order valence-corrected chi connectivity index (χ1v) is 12.7. The van der Waals surface area contributed by atoms with E-state index in [0.29, 0.717) is 47.2 Å². The Balaban J connectivity index is 1.62. The average molecular weight is 466 g/mol. The van der Waals surface area contributed by atoms with Gasteiger partial charge in [-0.05, 0) is 73.8 Å². The largest absolute Gasteiger partial charge is 0.511 e. The Hall–Kier alpha value is -1.66. The average Bonchev–Trinajstić information content (AvgIpc) is 2.75. The van der Waals surface area contributed by atoms with Crippen LogP contribution in [0.1, 0.15) is 52.4 Å². The Kier molecular flexibility index (Phi) is 9.15. The van der Waals surface area contributed by atoms with Gasteiger partial charge < -0.3 is 14.7 Å². The summed E-state index contributed by atoms with van der Waals surface area (Å²) < 4.78 is 5.80. The fourth-order valence-electron chi connectivity index (χ4n) is 4.17. The lowest BCUT2D eigenvalue weighted by Gasteiger charge is -2.32. The summed E-state index contributed by atoms with van der Waals surface area (Å²) in [5.41, 5.74) is 0.910. The molecule has 1 aromatic carbocycles. The van der Waals surface area contributed by atoms with Crippen LogP contribution in [0.3, 0.4) is 0 Å². The Morgan fingerprint density at radius 1 is 1.29 bits per heavy atom. The summed E-state index contributed by atoms with van der Waals surface area (Å²) in [4.78, 5) is 18.5. The van der Waals surface area contributed by atoms with Crippen molar-refractivity contribution in [1.82, 2.24) is 0 Å². The van der Waals surface area contributed by atoms with E-state index in [1.807, 2.05) is 25.6 Å². The van der Waals surface area contributed by atoms with Crippen LogP contribution < -0.4 is 4.74 Å². The topological polar surface area (TPSA) is 68.1 Å². The molecule has 0 spiro atoms. The predicted octanol–water partition coefficient (Wildman–Crippen LogP) is 6.21. The molecule has 1 heterocycles. The molecule has 170 valence electrons. The number of rotatable bonds is 9. The molecule has 3 atom stereocenters. The van der Waals surface area contributed by atoms with Crippen molar-refractivity contribution in [1.29, 1.82) is 0 Å². The van der Waals surface area contributed by atoms with E-state index in [0.717, 1.165) is 18.6 Å². The van der Waals surface area contributed by atoms with Gasteiger partial charge in [0.1, 0.15) is 17.6 Å². The van der Waals surface area contributed by atoms with Gasteiger partial charge in [0, 0.05) is 17.9 Å². The zero-order valence-corrected chi connectivity index (χ0v) is 19.9. The van der Waals surface area contributed by atoms with Gasteiger partial charge in [0.15, 0.2) is 12.4 Å². The van der Waals surface area contributed by atoms with Crippen LogP contribution in [0.25, 0.3) is 0 Å². The van der Waals surface area contributed by atoms with Gasteiger partial charge >= 0.3 is 0 Å². The van der Waals surface area contributed by atoms with E-state index in [2.05, 4.69) is 5.16 Å². The maximum atomic E-state index is 12.9. The number of hydrogen-bond acceptors (Lipinski definition) is 6. The summed E-state index contributed by atoms with van der Waals surface area (Å²) in [6, 6.07) is 7.14. The highest BCUT2D eigenvalue weighted by atomic mass is 35.5. The molecule has 3 rings (SSSR count). The Bertz CT molecular complexity index is 802. The molecule has 0 aromatic heterocycles. The summed E-state index contributed by atoms with van der Waals surface area (Å²) in [5, 5.41) is 15.6. The molecule has 1 N–H and O–H groups in total. The first-order valence-electron chi connectivity index (χ1n) is 11.1. The maximum absolute atomic E-state index is 12.9. The summed E-state index contributed by atoms with van der Waals surface area (Å²) >= 11 is 7.85. The van der Waals surface area contributed by atoms with Crippen molar-refractivity contribution in [3.63, 3.8) is 0 Å². The number of Topliss-reactive ketones (excluding diaryl/α,β-unsaturated/α-hetero) is 1. The number of nitrogens with zero attached hydrogens (tertiary/aromatic N) is 1. The Morgan fingerprint density at radius 2 is 2.06 bits per heavy atom. The fourth-order valence-corrected chi connectivity index (χ4v) is 5.58. The molecular weight excluding hydrogens is 434 g/mol. The van der Waals surface area contributed by atoms with E-state index in [4.69, 9.17) is 21.2 Å². The smallest absolute Gasteiger partial charge is 0.168 e. The van der Waals surface area contributed by atoms with Crippen molar-refractivity contribution >= 4 is 34.9 Å². The standard InChI is InChI=1S/C24H32ClNO4S/c1-3-5-21(26-29-14-16(2)30-20-9-7-19(25)8-10-20)24-22(27)12-18(13-23(24)28)17-6-4-11-31-15-17/h7-10,16-18,27H,3-6,11-15H2,1-2H3/b26-21-/t16-,17-,18+/m0/s1. The van der Waals surface area contributed by atoms with E-state index in [-0.39, 0.29) is 30.2 Å². The lowest BCUT2D eigenvalue weighted by Crippen LogP contribution is -2.31. The summed E-state index contributed by atoms with van der Waals surface area (Å²) in [6.07, 6.45) is 4.56. The normalized spacial score (nSPS) is 23.6. The summed E-state index contributed by atoms with van der Waals surface area (Å²) in [7, 11) is 0. The number of allylic oxidation sites excluding steroid dienone is 2. The van der Waals surface area contributed by atoms with Gasteiger partial charge in [0.2, 0.25) is 0 Å². The molecule has 2 aliphatic rings. The number of hydrogen-bond donors (Lipinski definition) is 1. The van der Waals surface area contributed by atoms with Crippen molar-refractivity contribution in [3.8, 4) is 5.75 Å². The zero-order valence-electron chi connectivity index (χ0n) is 18.3. The molecule has 31 heavy (non-hydrogen) atoms. The molecule has 0 saturated carbocycles. The van der Waals surface area contributed by atoms with Gasteiger partial charge in [-0.1, -0.05) is 30.1 Å². The number of carbonyl (C=O) groups is 1. The van der Waals surface area contributed by atoms with Gasteiger partial charge in [-0.2, -0.15) is 11.8 Å². The quantitative estimate of drug-likeness (QED) is 0.346. The van der Waals surface area contributed by atoms with E-state index in [1.54, 1.807) is 24.3 Å². The Labute approximate surface area is 194 Å². The molecular formula is C24H32ClNO4S. The first-order chi connectivity index (χ1) is 15.0. The summed E-state index contributed by atoms with van der Waals surface area (Å²) in [6.45, 7) is 4.15. The highest BCUT2D eigenvalue weighted by Gasteiger charge is 2.35. The molecule has 1 aliphatic heterocycles. The SMILES string of the molecule is CCC/C(=N/OC[C@H](C)Oc1ccc(Cl)cc1)C1=C(O)C[C@@H]([C@H]2CCCSC2)CC1=O. The third-order valence-electron chi connectivity index (χ3n) is 5.74. The number of halogens is 1. The van der Waals surface area contributed by atoms with Gasteiger partial charge in [-0.15, -0.1) is 0 Å². The number of ether oxygens (including phenoxy) is 1. The number of benzene rings is 1. The van der Waals surface area contributed by atoms with Gasteiger partial charge in [-0.25, -0.2) is 0 Å². The molecule has 1 saturated heterocycles. The van der Waals surface area contributed by atoms with Crippen molar-refractivity contribution in [3.05, 3.63) is 40.6 Å². The number of carbonyl (C=O) groups excluding carboxylic acids is 1. The van der Waals surface area contributed by atoms with Crippen LogP contribution in [0.5, 0.6) is 5.75 Å². The van der Waals surface area contributed by atoms with Crippen LogP contribution in [0, 0.1) is 11.8 Å². The number of thioether (sulfide) groups is 1. The third-order valence-corrected chi connectivity index (χ3v) is 7.24. The minimum atomic E-state index is -0.231. The number of ketones is 1. The third kappa shape index (κ3) is 6.91. The van der Waals surface area contributed by atoms with Gasteiger partial charge in [0.05, 0.1) is 11.3 Å². The molecule has 1 aliphatic carbocycles. The van der Waals surface area contributed by atoms with Crippen LogP contribution in [0.15, 0.2) is 40.8 Å². The van der Waals surface area contributed by atoms with E-state index in [9.17, 15) is 9.90 Å². The van der Waals surface area contributed by atoms with Crippen molar-refractivity contribution in [2.45, 2.75) is 58.5 Å². The number of aliphatic hydroxyl groups excluding tert-OH is 1. The molecule has 1 aromatic rings. The predicted molar refractivity (Wildman–Crippen MR) is 127 cm³/mol. The minimum Gasteiger partial charge on any atom is -0.511 e. The van der Waals surface area contributed by atoms with Crippen molar-refractivity contribution < 1.29 is 19.5 Å². The zero-order chi connectivity index (χ0) is 22.2. The minimum absolute atomic E-state index is 0.00872. The van der Waals surface area contributed by atoms with Gasteiger partial charge in [-0.3, -0.25) is 4.79 Å². The van der Waals surface area contributed by atoms with Crippen LogP contribution >= 0.6 is 23.4 Å². The number of oxime groups is 1. The molecule has 5 nitrogen and oxygen atoms in total. The van der Waals surface area contributed by atoms with Crippen molar-refractivity contribution in [2.75, 3.05) is 18.1 Å². The molecule has 0 amide bonds. The van der Waals surface area contributed by atoms with Crippen LogP contribution in [0.4, 0.5) is 0 Å². The Morgan fingerprint density at radius 3 is 2.71 bits per heavy atom. The highest BCUT2D eigenvalue weighted by Crippen LogP contribution is 2.38. The molecule has 0 radical (unpaired) electrons. The monoisotopic (exact) mass is 465 g/mol. The van der Waals surface area contributed by atoms with E-state index in [1.165, 1.54) is 12.2 Å². The molecule has 0 unspecified atom stereocenters. The summed E-state index contributed by atoms with van der Waals surface area (Å²) in [5.74, 6) is 3.91. The highest BCUT2D eigenvalue weighted by molar-refractivity contribution is 7.99.